The van der Waals surface area contributed by atoms with Crippen LogP contribution in [0.4, 0.5) is 13.2 Å². The number of Topliss-reactive ketones (excluding diaryl/α,β-unsaturated/α-hetero) is 1. The van der Waals surface area contributed by atoms with Gasteiger partial charge in [-0.1, -0.05) is 45.0 Å². The van der Waals surface area contributed by atoms with E-state index in [1.807, 2.05) is 32.9 Å². The summed E-state index contributed by atoms with van der Waals surface area (Å²) in [6.07, 6.45) is 0. The van der Waals surface area contributed by atoms with Crippen LogP contribution in [0.5, 0.6) is 5.75 Å². The first-order chi connectivity index (χ1) is 12.2. The second-order valence-corrected chi connectivity index (χ2v) is 8.61. The number of hydrogen-bond acceptors (Lipinski definition) is 4. The van der Waals surface area contributed by atoms with Crippen molar-refractivity contribution in [3.05, 3.63) is 53.6 Å². The summed E-state index contributed by atoms with van der Waals surface area (Å²) in [6.45, 7) is 7.40. The first-order valence-electron chi connectivity index (χ1n) is 7.99. The summed E-state index contributed by atoms with van der Waals surface area (Å²) in [4.78, 5) is 11.9. The molecular weight excluding hydrogens is 381 g/mol. The van der Waals surface area contributed by atoms with Crippen molar-refractivity contribution in [3.63, 3.8) is 0 Å². The summed E-state index contributed by atoms with van der Waals surface area (Å²) in [5, 5.41) is 0. The highest BCUT2D eigenvalue weighted by molar-refractivity contribution is 7.88. The van der Waals surface area contributed by atoms with E-state index in [0.29, 0.717) is 5.56 Å². The highest BCUT2D eigenvalue weighted by atomic mass is 32.2. The van der Waals surface area contributed by atoms with Crippen LogP contribution in [0.2, 0.25) is 0 Å². The van der Waals surface area contributed by atoms with E-state index >= 15 is 0 Å². The molecule has 0 bridgehead atoms. The van der Waals surface area contributed by atoms with E-state index in [4.69, 9.17) is 0 Å². The molecule has 8 heteroatoms. The Morgan fingerprint density at radius 1 is 0.963 bits per heavy atom. The summed E-state index contributed by atoms with van der Waals surface area (Å²) in [5.41, 5.74) is -3.52. The van der Waals surface area contributed by atoms with E-state index in [1.165, 1.54) is 13.0 Å². The van der Waals surface area contributed by atoms with Gasteiger partial charge in [0.05, 0.1) is 0 Å². The molecule has 0 unspecified atom stereocenters. The number of alkyl halides is 3. The fourth-order valence-corrected chi connectivity index (χ4v) is 2.90. The first-order valence-corrected chi connectivity index (χ1v) is 9.40. The molecule has 2 rings (SSSR count). The number of ketones is 1. The molecule has 0 saturated carbocycles. The van der Waals surface area contributed by atoms with Crippen molar-refractivity contribution in [2.75, 3.05) is 0 Å². The lowest BCUT2D eigenvalue weighted by molar-refractivity contribution is -0.0500. The molecule has 0 fully saturated rings. The van der Waals surface area contributed by atoms with E-state index in [2.05, 4.69) is 4.18 Å². The topological polar surface area (TPSA) is 60.4 Å². The Bertz CT molecular complexity index is 954. The lowest BCUT2D eigenvalue weighted by Gasteiger charge is -2.19. The quantitative estimate of drug-likeness (QED) is 0.408. The molecule has 0 aliphatic rings. The van der Waals surface area contributed by atoms with Crippen LogP contribution in [0.1, 0.15) is 43.6 Å². The largest absolute Gasteiger partial charge is 0.534 e. The zero-order valence-electron chi connectivity index (χ0n) is 15.2. The van der Waals surface area contributed by atoms with Crippen molar-refractivity contribution in [2.24, 2.45) is 0 Å². The van der Waals surface area contributed by atoms with Gasteiger partial charge in [-0.25, -0.2) is 0 Å². The smallest absolute Gasteiger partial charge is 0.376 e. The molecule has 0 heterocycles. The van der Waals surface area contributed by atoms with Gasteiger partial charge in [0.1, 0.15) is 5.75 Å². The van der Waals surface area contributed by atoms with Gasteiger partial charge in [-0.05, 0) is 47.2 Å². The number of carbonyl (C=O) groups is 1. The van der Waals surface area contributed by atoms with Crippen molar-refractivity contribution in [1.82, 2.24) is 0 Å². The van der Waals surface area contributed by atoms with E-state index in [0.717, 1.165) is 17.7 Å². The summed E-state index contributed by atoms with van der Waals surface area (Å²) in [7, 11) is -5.79. The van der Waals surface area contributed by atoms with Crippen LogP contribution < -0.4 is 4.18 Å². The van der Waals surface area contributed by atoms with Crippen LogP contribution >= 0.6 is 0 Å². The average Bonchev–Trinajstić information content (AvgIpc) is 2.52. The highest BCUT2D eigenvalue weighted by Gasteiger charge is 2.48. The van der Waals surface area contributed by atoms with Crippen LogP contribution in [0, 0.1) is 0 Å². The SMILES string of the molecule is CC(=O)c1ccc(OS(=O)(=O)C(F)(F)F)cc1-c1ccc(C(C)(C)C)cc1. The summed E-state index contributed by atoms with van der Waals surface area (Å²) < 4.78 is 64.3. The lowest BCUT2D eigenvalue weighted by atomic mass is 9.86. The molecule has 0 saturated heterocycles. The Morgan fingerprint density at radius 2 is 1.52 bits per heavy atom. The second-order valence-electron chi connectivity index (χ2n) is 7.07. The highest BCUT2D eigenvalue weighted by Crippen LogP contribution is 2.33. The van der Waals surface area contributed by atoms with E-state index in [-0.39, 0.29) is 22.3 Å². The fraction of sp³-hybridized carbons (Fsp3) is 0.316. The third-order valence-corrected chi connectivity index (χ3v) is 4.90. The molecule has 4 nitrogen and oxygen atoms in total. The molecule has 0 spiro atoms. The van der Waals surface area contributed by atoms with Gasteiger partial charge >= 0.3 is 15.6 Å². The molecule has 146 valence electrons. The maximum absolute atomic E-state index is 12.5. The number of carbonyl (C=O) groups excluding carboxylic acids is 1. The molecule has 0 radical (unpaired) electrons. The zero-order valence-corrected chi connectivity index (χ0v) is 16.0. The van der Waals surface area contributed by atoms with E-state index in [9.17, 15) is 26.4 Å². The Morgan fingerprint density at radius 3 is 1.96 bits per heavy atom. The van der Waals surface area contributed by atoms with Crippen LogP contribution in [-0.2, 0) is 15.5 Å². The summed E-state index contributed by atoms with van der Waals surface area (Å²) in [5.74, 6) is -0.831. The van der Waals surface area contributed by atoms with Crippen LogP contribution in [0.15, 0.2) is 42.5 Å². The maximum atomic E-state index is 12.5. The van der Waals surface area contributed by atoms with Crippen molar-refractivity contribution in [1.29, 1.82) is 0 Å². The third-order valence-electron chi connectivity index (χ3n) is 3.92. The van der Waals surface area contributed by atoms with Gasteiger partial charge in [0.15, 0.2) is 5.78 Å². The van der Waals surface area contributed by atoms with Crippen molar-refractivity contribution < 1.29 is 30.6 Å². The summed E-state index contributed by atoms with van der Waals surface area (Å²) in [6, 6.07) is 10.5. The lowest BCUT2D eigenvalue weighted by Crippen LogP contribution is -2.28. The predicted octanol–water partition coefficient (Wildman–Crippen LogP) is 5.08. The number of benzene rings is 2. The molecule has 27 heavy (non-hydrogen) atoms. The minimum Gasteiger partial charge on any atom is -0.376 e. The Hall–Kier alpha value is -2.35. The molecule has 0 N–H and O–H groups in total. The molecule has 0 aliphatic carbocycles. The van der Waals surface area contributed by atoms with Gasteiger partial charge in [0.25, 0.3) is 0 Å². The minimum atomic E-state index is -5.79. The third kappa shape index (κ3) is 4.68. The fourth-order valence-electron chi connectivity index (χ4n) is 2.44. The normalized spacial score (nSPS) is 12.7. The molecule has 0 aliphatic heterocycles. The van der Waals surface area contributed by atoms with Crippen molar-refractivity contribution >= 4 is 15.9 Å². The number of rotatable bonds is 4. The minimum absolute atomic E-state index is 0.103. The molecule has 0 amide bonds. The van der Waals surface area contributed by atoms with Crippen LogP contribution in [-0.4, -0.2) is 19.7 Å². The summed E-state index contributed by atoms with van der Waals surface area (Å²) >= 11 is 0. The molecule has 2 aromatic rings. The van der Waals surface area contributed by atoms with Gasteiger partial charge in [0.2, 0.25) is 0 Å². The molecule has 0 atom stereocenters. The number of hydrogen-bond donors (Lipinski definition) is 0. The van der Waals surface area contributed by atoms with Crippen LogP contribution in [0.25, 0.3) is 11.1 Å². The molecule has 0 aromatic heterocycles. The zero-order chi connectivity index (χ0) is 20.6. The van der Waals surface area contributed by atoms with Gasteiger partial charge in [-0.3, -0.25) is 4.79 Å². The second kappa shape index (κ2) is 6.99. The standard InChI is InChI=1S/C19H19F3O4S/c1-12(23)16-10-9-15(26-27(24,25)19(20,21)22)11-17(16)13-5-7-14(8-6-13)18(2,3)4/h5-11H,1-4H3. The van der Waals surface area contributed by atoms with E-state index in [1.54, 1.807) is 12.1 Å². The Labute approximate surface area is 156 Å². The van der Waals surface area contributed by atoms with Gasteiger partial charge < -0.3 is 4.18 Å². The van der Waals surface area contributed by atoms with Crippen molar-refractivity contribution in [2.45, 2.75) is 38.6 Å². The van der Waals surface area contributed by atoms with E-state index < -0.39 is 21.4 Å². The number of halogens is 3. The Kier molecular flexibility index (Phi) is 5.43. The first kappa shape index (κ1) is 21.0. The van der Waals surface area contributed by atoms with Gasteiger partial charge in [-0.15, -0.1) is 0 Å². The average molecular weight is 400 g/mol. The molecular formula is C19H19F3O4S. The van der Waals surface area contributed by atoms with Gasteiger partial charge in [0, 0.05) is 5.56 Å². The van der Waals surface area contributed by atoms with Crippen LogP contribution in [0.3, 0.4) is 0 Å². The van der Waals surface area contributed by atoms with Gasteiger partial charge in [-0.2, -0.15) is 21.6 Å². The maximum Gasteiger partial charge on any atom is 0.534 e. The molecule has 2 aromatic carbocycles. The van der Waals surface area contributed by atoms with Crippen molar-refractivity contribution in [3.8, 4) is 16.9 Å². The monoisotopic (exact) mass is 400 g/mol. The predicted molar refractivity (Wildman–Crippen MR) is 96.2 cm³/mol. The Balaban J connectivity index is 2.53.